The molecule has 0 aromatic rings. The maximum absolute atomic E-state index is 2.59. The summed E-state index contributed by atoms with van der Waals surface area (Å²) in [4.78, 5) is 0. The minimum Gasteiger partial charge on any atom is -0.0892 e. The summed E-state index contributed by atoms with van der Waals surface area (Å²) in [6.07, 6.45) is 11.4. The molecule has 1 heteroatoms. The molecule has 0 unspecified atom stereocenters. The molecule has 74 valence electrons. The molecule has 0 nitrogen and oxygen atoms in total. The van der Waals surface area contributed by atoms with Crippen LogP contribution in [0.2, 0.25) is 19.1 Å². The third-order valence-corrected chi connectivity index (χ3v) is 7.45. The summed E-state index contributed by atoms with van der Waals surface area (Å²) < 4.78 is 0. The smallest absolute Gasteiger partial charge is 0.0753 e. The van der Waals surface area contributed by atoms with Crippen molar-refractivity contribution in [3.05, 3.63) is 11.3 Å². The molecule has 2 rings (SSSR count). The molecule has 13 heavy (non-hydrogen) atoms. The quantitative estimate of drug-likeness (QED) is 0.592. The molecule has 0 amide bonds. The van der Waals surface area contributed by atoms with E-state index in [-0.39, 0.29) is 0 Å². The van der Waals surface area contributed by atoms with E-state index in [1.807, 2.05) is 5.20 Å². The third kappa shape index (κ3) is 2.46. The van der Waals surface area contributed by atoms with Crippen molar-refractivity contribution in [2.45, 2.75) is 57.7 Å². The summed E-state index contributed by atoms with van der Waals surface area (Å²) in [5.41, 5.74) is 0. The summed E-state index contributed by atoms with van der Waals surface area (Å²) in [7, 11) is -0.942. The van der Waals surface area contributed by atoms with Gasteiger partial charge in [0.1, 0.15) is 0 Å². The molecule has 0 bridgehead atoms. The standard InChI is InChI=1S/C12H22Si/c1-13(2,10-11-8-9-11)12-6-4-3-5-7-12/h6,11H,3-5,7-10H2,1-2H3. The van der Waals surface area contributed by atoms with Crippen molar-refractivity contribution in [3.8, 4) is 0 Å². The maximum atomic E-state index is 2.59. The Hall–Kier alpha value is -0.0431. The number of hydrogen-bond acceptors (Lipinski definition) is 0. The van der Waals surface area contributed by atoms with Gasteiger partial charge in [0.2, 0.25) is 0 Å². The van der Waals surface area contributed by atoms with E-state index in [2.05, 4.69) is 19.2 Å². The fourth-order valence-electron chi connectivity index (χ4n) is 2.63. The highest BCUT2D eigenvalue weighted by Gasteiger charge is 2.34. The van der Waals surface area contributed by atoms with Crippen molar-refractivity contribution in [2.24, 2.45) is 5.92 Å². The van der Waals surface area contributed by atoms with Gasteiger partial charge in [0, 0.05) is 0 Å². The Morgan fingerprint density at radius 3 is 2.62 bits per heavy atom. The molecule has 0 N–H and O–H groups in total. The van der Waals surface area contributed by atoms with Gasteiger partial charge in [-0.15, -0.1) is 0 Å². The molecule has 0 aromatic carbocycles. The minimum absolute atomic E-state index is 0.942. The number of rotatable bonds is 3. The molecule has 0 aliphatic heterocycles. The zero-order chi connectivity index (χ0) is 9.31. The number of allylic oxidation sites excluding steroid dienone is 2. The van der Waals surface area contributed by atoms with E-state index in [9.17, 15) is 0 Å². The van der Waals surface area contributed by atoms with E-state index in [1.165, 1.54) is 38.5 Å². The van der Waals surface area contributed by atoms with Crippen molar-refractivity contribution in [1.82, 2.24) is 0 Å². The first-order valence-electron chi connectivity index (χ1n) is 5.88. The molecule has 1 saturated carbocycles. The first-order valence-corrected chi connectivity index (χ1v) is 9.09. The fraction of sp³-hybridized carbons (Fsp3) is 0.833. The highest BCUT2D eigenvalue weighted by atomic mass is 28.3. The lowest BCUT2D eigenvalue weighted by Gasteiger charge is -2.28. The molecule has 2 aliphatic rings. The Balaban J connectivity index is 1.98. The zero-order valence-electron chi connectivity index (χ0n) is 9.10. The monoisotopic (exact) mass is 194 g/mol. The van der Waals surface area contributed by atoms with Crippen LogP contribution in [0.3, 0.4) is 0 Å². The summed E-state index contributed by atoms with van der Waals surface area (Å²) >= 11 is 0. The highest BCUT2D eigenvalue weighted by molar-refractivity contribution is 6.84. The third-order valence-electron chi connectivity index (χ3n) is 3.66. The second-order valence-electron chi connectivity index (χ2n) is 5.51. The summed E-state index contributed by atoms with van der Waals surface area (Å²) in [5.74, 6) is 1.13. The lowest BCUT2D eigenvalue weighted by atomic mass is 10.1. The Bertz CT molecular complexity index is 211. The average molecular weight is 194 g/mol. The van der Waals surface area contributed by atoms with Gasteiger partial charge < -0.3 is 0 Å². The van der Waals surface area contributed by atoms with Crippen LogP contribution in [0, 0.1) is 5.92 Å². The molecule has 2 aliphatic carbocycles. The van der Waals surface area contributed by atoms with Crippen molar-refractivity contribution >= 4 is 8.07 Å². The molecule has 0 radical (unpaired) electrons. The van der Waals surface area contributed by atoms with E-state index in [1.54, 1.807) is 6.04 Å². The summed E-state index contributed by atoms with van der Waals surface area (Å²) in [6, 6.07) is 1.58. The normalized spacial score (nSPS) is 24.3. The molecule has 0 aromatic heterocycles. The van der Waals surface area contributed by atoms with Crippen molar-refractivity contribution in [3.63, 3.8) is 0 Å². The molecule has 0 spiro atoms. The SMILES string of the molecule is C[Si](C)(CC1CC1)C1=CCCCC1. The minimum atomic E-state index is -0.942. The lowest BCUT2D eigenvalue weighted by molar-refractivity contribution is 0.715. The van der Waals surface area contributed by atoms with Gasteiger partial charge in [0.15, 0.2) is 0 Å². The van der Waals surface area contributed by atoms with Crippen LogP contribution in [0.5, 0.6) is 0 Å². The highest BCUT2D eigenvalue weighted by Crippen LogP contribution is 2.40. The van der Waals surface area contributed by atoms with Crippen LogP contribution in [0.4, 0.5) is 0 Å². The number of hydrogen-bond donors (Lipinski definition) is 0. The summed E-state index contributed by atoms with van der Waals surface area (Å²) in [6.45, 7) is 5.17. The van der Waals surface area contributed by atoms with Crippen LogP contribution in [0.25, 0.3) is 0 Å². The summed E-state index contributed by atoms with van der Waals surface area (Å²) in [5, 5.41) is 1.89. The predicted molar refractivity (Wildman–Crippen MR) is 61.6 cm³/mol. The van der Waals surface area contributed by atoms with Gasteiger partial charge >= 0.3 is 0 Å². The predicted octanol–water partition coefficient (Wildman–Crippen LogP) is 4.14. The van der Waals surface area contributed by atoms with E-state index >= 15 is 0 Å². The Morgan fingerprint density at radius 1 is 1.31 bits per heavy atom. The first kappa shape index (κ1) is 9.51. The topological polar surface area (TPSA) is 0 Å². The van der Waals surface area contributed by atoms with Gasteiger partial charge in [-0.05, 0) is 31.6 Å². The lowest BCUT2D eigenvalue weighted by Crippen LogP contribution is -2.30. The van der Waals surface area contributed by atoms with Gasteiger partial charge in [-0.25, -0.2) is 0 Å². The molecule has 0 saturated heterocycles. The van der Waals surface area contributed by atoms with Crippen LogP contribution in [-0.2, 0) is 0 Å². The molecular weight excluding hydrogens is 172 g/mol. The van der Waals surface area contributed by atoms with Crippen molar-refractivity contribution < 1.29 is 0 Å². The van der Waals surface area contributed by atoms with E-state index in [0.717, 1.165) is 5.92 Å². The van der Waals surface area contributed by atoms with Crippen LogP contribution in [0.1, 0.15) is 38.5 Å². The Morgan fingerprint density at radius 2 is 2.08 bits per heavy atom. The van der Waals surface area contributed by atoms with Crippen LogP contribution in [-0.4, -0.2) is 8.07 Å². The van der Waals surface area contributed by atoms with Gasteiger partial charge in [0.25, 0.3) is 0 Å². The van der Waals surface area contributed by atoms with Gasteiger partial charge in [0.05, 0.1) is 8.07 Å². The second-order valence-corrected chi connectivity index (χ2v) is 10.3. The molecule has 0 atom stereocenters. The van der Waals surface area contributed by atoms with E-state index < -0.39 is 8.07 Å². The van der Waals surface area contributed by atoms with Gasteiger partial charge in [-0.1, -0.05) is 43.3 Å². The molecule has 0 heterocycles. The largest absolute Gasteiger partial charge is 0.0892 e. The van der Waals surface area contributed by atoms with Crippen molar-refractivity contribution in [1.29, 1.82) is 0 Å². The average Bonchev–Trinajstić information content (AvgIpc) is 2.89. The van der Waals surface area contributed by atoms with Crippen LogP contribution in [0.15, 0.2) is 11.3 Å². The first-order chi connectivity index (χ1) is 6.18. The van der Waals surface area contributed by atoms with Crippen molar-refractivity contribution in [2.75, 3.05) is 0 Å². The molecular formula is C12H22Si. The van der Waals surface area contributed by atoms with Crippen LogP contribution >= 0.6 is 0 Å². The Labute approximate surface area is 83.4 Å². The van der Waals surface area contributed by atoms with Crippen LogP contribution < -0.4 is 0 Å². The van der Waals surface area contributed by atoms with E-state index in [4.69, 9.17) is 0 Å². The van der Waals surface area contributed by atoms with Gasteiger partial charge in [-0.3, -0.25) is 0 Å². The maximum Gasteiger partial charge on any atom is 0.0753 e. The Kier molecular flexibility index (Phi) is 2.64. The van der Waals surface area contributed by atoms with Gasteiger partial charge in [-0.2, -0.15) is 0 Å². The van der Waals surface area contributed by atoms with E-state index in [0.29, 0.717) is 0 Å². The fourth-order valence-corrected chi connectivity index (χ4v) is 6.29. The molecule has 1 fully saturated rings. The second kappa shape index (κ2) is 3.60. The zero-order valence-corrected chi connectivity index (χ0v) is 10.1.